The molecule has 9 nitrogen and oxygen atoms in total. The van der Waals surface area contributed by atoms with Gasteiger partial charge in [0.1, 0.15) is 6.61 Å². The monoisotopic (exact) mass is 487 g/mol. The van der Waals surface area contributed by atoms with Gasteiger partial charge in [-0.05, 0) is 24.3 Å². The molecular formula is C25H21N5O4S. The number of aromatic nitrogens is 3. The number of hydrazine groups is 1. The summed E-state index contributed by atoms with van der Waals surface area (Å²) in [5.74, 6) is 0.846. The highest BCUT2D eigenvalue weighted by Gasteiger charge is 2.27. The second-order valence-electron chi connectivity index (χ2n) is 7.53. The van der Waals surface area contributed by atoms with Crippen molar-refractivity contribution < 1.29 is 19.1 Å². The fraction of sp³-hybridized carbons (Fsp3) is 0.120. The second kappa shape index (κ2) is 10.3. The first kappa shape index (κ1) is 22.5. The molecule has 176 valence electrons. The van der Waals surface area contributed by atoms with Crippen molar-refractivity contribution in [3.8, 4) is 28.6 Å². The number of para-hydroxylation sites is 3. The van der Waals surface area contributed by atoms with E-state index in [-0.39, 0.29) is 12.4 Å². The number of hydrogen-bond donors (Lipinski definition) is 2. The first-order valence-electron chi connectivity index (χ1n) is 10.9. The van der Waals surface area contributed by atoms with Crippen LogP contribution in [0.5, 0.6) is 11.5 Å². The molecule has 2 N–H and O–H groups in total. The molecule has 0 bridgehead atoms. The van der Waals surface area contributed by atoms with E-state index in [9.17, 15) is 9.59 Å². The van der Waals surface area contributed by atoms with E-state index < -0.39 is 17.9 Å². The summed E-state index contributed by atoms with van der Waals surface area (Å²) in [5.41, 5.74) is 6.60. The van der Waals surface area contributed by atoms with Gasteiger partial charge in [0.05, 0.1) is 5.75 Å². The topological polar surface area (TPSA) is 107 Å². The fourth-order valence-electron chi connectivity index (χ4n) is 3.47. The van der Waals surface area contributed by atoms with E-state index in [4.69, 9.17) is 9.47 Å². The molecule has 0 unspecified atom stereocenters. The zero-order valence-corrected chi connectivity index (χ0v) is 19.3. The maximum atomic E-state index is 12.5. The van der Waals surface area contributed by atoms with E-state index >= 15 is 0 Å². The van der Waals surface area contributed by atoms with Crippen LogP contribution in [-0.4, -0.2) is 45.0 Å². The van der Waals surface area contributed by atoms with Gasteiger partial charge in [0.25, 0.3) is 5.91 Å². The average molecular weight is 488 g/mol. The van der Waals surface area contributed by atoms with Gasteiger partial charge in [-0.25, -0.2) is 0 Å². The summed E-state index contributed by atoms with van der Waals surface area (Å²) >= 11 is 1.21. The predicted molar refractivity (Wildman–Crippen MR) is 130 cm³/mol. The molecule has 0 saturated heterocycles. The van der Waals surface area contributed by atoms with E-state index in [1.165, 1.54) is 11.8 Å². The normalized spacial score (nSPS) is 14.2. The Hall–Kier alpha value is -4.31. The third-order valence-corrected chi connectivity index (χ3v) is 6.07. The van der Waals surface area contributed by atoms with Crippen molar-refractivity contribution in [3.63, 3.8) is 0 Å². The van der Waals surface area contributed by atoms with E-state index in [1.807, 2.05) is 71.3 Å². The second-order valence-corrected chi connectivity index (χ2v) is 8.48. The van der Waals surface area contributed by atoms with Crippen molar-refractivity contribution in [2.45, 2.75) is 11.3 Å². The zero-order valence-electron chi connectivity index (χ0n) is 18.5. The minimum Gasteiger partial charge on any atom is -0.485 e. The van der Waals surface area contributed by atoms with Crippen LogP contribution in [0.25, 0.3) is 17.1 Å². The summed E-state index contributed by atoms with van der Waals surface area (Å²) < 4.78 is 13.1. The van der Waals surface area contributed by atoms with Crippen molar-refractivity contribution in [3.05, 3.63) is 84.9 Å². The van der Waals surface area contributed by atoms with Crippen LogP contribution < -0.4 is 20.3 Å². The third kappa shape index (κ3) is 5.12. The van der Waals surface area contributed by atoms with Crippen LogP contribution in [-0.2, 0) is 9.59 Å². The van der Waals surface area contributed by atoms with Gasteiger partial charge in [0, 0.05) is 11.3 Å². The number of ether oxygens (including phenoxy) is 2. The number of amides is 2. The Labute approximate surface area is 205 Å². The predicted octanol–water partition coefficient (Wildman–Crippen LogP) is 3.01. The Balaban J connectivity index is 1.22. The van der Waals surface area contributed by atoms with Gasteiger partial charge in [-0.15, -0.1) is 10.2 Å². The number of fused-ring (bicyclic) bond motifs is 1. The average Bonchev–Trinajstić information content (AvgIpc) is 3.35. The quantitative estimate of drug-likeness (QED) is 0.318. The molecule has 4 aromatic rings. The lowest BCUT2D eigenvalue weighted by molar-refractivity contribution is -0.134. The number of carbonyl (C=O) groups is 2. The number of nitrogens with one attached hydrogen (secondary N) is 2. The lowest BCUT2D eigenvalue weighted by Gasteiger charge is -2.25. The molecule has 2 heterocycles. The van der Waals surface area contributed by atoms with Crippen LogP contribution in [0, 0.1) is 0 Å². The number of thioether (sulfide) groups is 1. The van der Waals surface area contributed by atoms with Crippen LogP contribution in [0.1, 0.15) is 0 Å². The fourth-order valence-corrected chi connectivity index (χ4v) is 4.23. The number of benzene rings is 3. The molecule has 35 heavy (non-hydrogen) atoms. The van der Waals surface area contributed by atoms with Crippen LogP contribution >= 0.6 is 11.8 Å². The van der Waals surface area contributed by atoms with E-state index in [0.717, 1.165) is 11.3 Å². The third-order valence-electron chi connectivity index (χ3n) is 5.14. The first-order valence-corrected chi connectivity index (χ1v) is 11.8. The molecule has 0 saturated carbocycles. The van der Waals surface area contributed by atoms with Crippen molar-refractivity contribution in [1.82, 2.24) is 25.6 Å². The summed E-state index contributed by atoms with van der Waals surface area (Å²) in [6.45, 7) is 0.0515. The van der Waals surface area contributed by atoms with Gasteiger partial charge in [0.15, 0.2) is 22.5 Å². The zero-order chi connectivity index (χ0) is 24.0. The highest BCUT2D eigenvalue weighted by Crippen LogP contribution is 2.31. The molecule has 0 radical (unpaired) electrons. The van der Waals surface area contributed by atoms with E-state index in [2.05, 4.69) is 21.0 Å². The van der Waals surface area contributed by atoms with Crippen LogP contribution in [0.4, 0.5) is 0 Å². The summed E-state index contributed by atoms with van der Waals surface area (Å²) in [4.78, 5) is 24.9. The Morgan fingerprint density at radius 1 is 0.886 bits per heavy atom. The number of carbonyl (C=O) groups excluding carboxylic acids is 2. The Kier molecular flexibility index (Phi) is 6.62. The standard InChI is InChI=1S/C25H21N5O4S/c31-22(26-28-24(32)21-15-33-19-13-7-8-14-20(19)34-21)16-35-25-29-27-23(17-9-3-1-4-10-17)30(25)18-11-5-2-6-12-18/h1-14,21H,15-16H2,(H,26,31)(H,28,32)/t21-/m1/s1. The Bertz CT molecular complexity index is 1330. The van der Waals surface area contributed by atoms with Crippen molar-refractivity contribution in [2.75, 3.05) is 12.4 Å². The Morgan fingerprint density at radius 2 is 1.57 bits per heavy atom. The highest BCUT2D eigenvalue weighted by atomic mass is 32.2. The van der Waals surface area contributed by atoms with E-state index in [1.54, 1.807) is 18.2 Å². The SMILES string of the molecule is O=C(CSc1nnc(-c2ccccc2)n1-c1ccccc1)NNC(=O)[C@H]1COc2ccccc2O1. The number of rotatable bonds is 6. The van der Waals surface area contributed by atoms with Crippen molar-refractivity contribution in [2.24, 2.45) is 0 Å². The van der Waals surface area contributed by atoms with Gasteiger partial charge in [0.2, 0.25) is 12.0 Å². The van der Waals surface area contributed by atoms with Gasteiger partial charge in [-0.2, -0.15) is 0 Å². The van der Waals surface area contributed by atoms with Gasteiger partial charge in [-0.1, -0.05) is 72.4 Å². The summed E-state index contributed by atoms with van der Waals surface area (Å²) in [7, 11) is 0. The summed E-state index contributed by atoms with van der Waals surface area (Å²) in [6, 6.07) is 26.5. The van der Waals surface area contributed by atoms with Gasteiger partial charge < -0.3 is 9.47 Å². The molecule has 1 aliphatic heterocycles. The lowest BCUT2D eigenvalue weighted by Crippen LogP contribution is -2.51. The number of hydrogen-bond acceptors (Lipinski definition) is 7. The first-order chi connectivity index (χ1) is 17.2. The number of nitrogens with zero attached hydrogens (tertiary/aromatic N) is 3. The van der Waals surface area contributed by atoms with Crippen LogP contribution in [0.3, 0.4) is 0 Å². The Morgan fingerprint density at radius 3 is 2.34 bits per heavy atom. The minimum atomic E-state index is -0.868. The lowest BCUT2D eigenvalue weighted by atomic mass is 10.2. The molecule has 5 rings (SSSR count). The molecular weight excluding hydrogens is 466 g/mol. The van der Waals surface area contributed by atoms with Gasteiger partial charge >= 0.3 is 0 Å². The maximum absolute atomic E-state index is 12.5. The van der Waals surface area contributed by atoms with Crippen molar-refractivity contribution >= 4 is 23.6 Å². The van der Waals surface area contributed by atoms with Crippen LogP contribution in [0.15, 0.2) is 90.1 Å². The molecule has 0 spiro atoms. The molecule has 0 fully saturated rings. The molecule has 10 heteroatoms. The molecule has 1 atom stereocenters. The molecule has 1 aliphatic rings. The summed E-state index contributed by atoms with van der Waals surface area (Å²) in [5, 5.41) is 9.21. The van der Waals surface area contributed by atoms with Gasteiger partial charge in [-0.3, -0.25) is 25.0 Å². The molecule has 1 aromatic heterocycles. The smallest absolute Gasteiger partial charge is 0.283 e. The molecule has 2 amide bonds. The minimum absolute atomic E-state index is 0.0187. The van der Waals surface area contributed by atoms with E-state index in [0.29, 0.717) is 22.5 Å². The maximum Gasteiger partial charge on any atom is 0.283 e. The largest absolute Gasteiger partial charge is 0.485 e. The van der Waals surface area contributed by atoms with Crippen LogP contribution in [0.2, 0.25) is 0 Å². The van der Waals surface area contributed by atoms with Crippen molar-refractivity contribution in [1.29, 1.82) is 0 Å². The molecule has 3 aromatic carbocycles. The molecule has 0 aliphatic carbocycles. The summed E-state index contributed by atoms with van der Waals surface area (Å²) in [6.07, 6.45) is -0.868. The highest BCUT2D eigenvalue weighted by molar-refractivity contribution is 7.99.